The summed E-state index contributed by atoms with van der Waals surface area (Å²) in [5.74, 6) is 0.915. The van der Waals surface area contributed by atoms with Crippen molar-refractivity contribution in [3.8, 4) is 41.1 Å². The molecule has 7 aromatic rings. The number of likely N-dealkylation sites (tertiary alicyclic amines) is 1. The SMILES string of the molecule is C#Cc1cccc2cc(O)cc(-c3ncc4c(N5C[C@H]6CC[C@@H](C5)N6)nc(OC[C@@H]5CCCN5CCCCNC(=O)c5ccc(NC(=O)C6NC(CC(C)(C)C)C7(CNc8cc(Cl)ccc87)C6c6cccc(Cl)c6F)c(OC)c5)nc4c3F)c12. The van der Waals surface area contributed by atoms with E-state index in [0.717, 1.165) is 56.4 Å². The van der Waals surface area contributed by atoms with E-state index in [0.29, 0.717) is 106 Å². The van der Waals surface area contributed by atoms with Crippen LogP contribution >= 0.6 is 23.2 Å². The van der Waals surface area contributed by atoms with Crippen LogP contribution in [0.15, 0.2) is 91.1 Å². The van der Waals surface area contributed by atoms with Crippen LogP contribution < -0.4 is 41.0 Å². The Bertz CT molecular complexity index is 3750. The Morgan fingerprint density at radius 2 is 1.76 bits per heavy atom. The van der Waals surface area contributed by atoms with Crippen LogP contribution in [-0.4, -0.2) is 120 Å². The number of nitrogens with zero attached hydrogens (tertiary/aromatic N) is 5. The van der Waals surface area contributed by atoms with Gasteiger partial charge in [0.2, 0.25) is 5.91 Å². The summed E-state index contributed by atoms with van der Waals surface area (Å²) >= 11 is 13.0. The lowest BCUT2D eigenvalue weighted by atomic mass is 9.63. The van der Waals surface area contributed by atoms with E-state index in [4.69, 9.17) is 49.1 Å². The van der Waals surface area contributed by atoms with Crippen molar-refractivity contribution in [2.75, 3.05) is 68.5 Å². The van der Waals surface area contributed by atoms with Gasteiger partial charge in [-0.05, 0) is 135 Å². The molecule has 2 aromatic heterocycles. The lowest BCUT2D eigenvalue weighted by Gasteiger charge is -2.39. The summed E-state index contributed by atoms with van der Waals surface area (Å²) in [5.41, 5.74) is 2.90. The molecular weight excluding hydrogens is 1110 g/mol. The van der Waals surface area contributed by atoms with Crippen LogP contribution in [0.2, 0.25) is 10.0 Å². The number of phenols is 1. The summed E-state index contributed by atoms with van der Waals surface area (Å²) in [6, 6.07) is 23.6. The van der Waals surface area contributed by atoms with Crippen molar-refractivity contribution < 1.29 is 33.0 Å². The number of phenolic OH excluding ortho intramolecular Hbond substituents is 1. The van der Waals surface area contributed by atoms with E-state index in [-0.39, 0.29) is 63.5 Å². The number of carbonyl (C=O) groups excluding carboxylic acids is 2. The molecular formula is C65H68Cl2F2N10O5. The number of aromatic nitrogens is 3. The molecule has 4 unspecified atom stereocenters. The molecule has 0 saturated carbocycles. The number of unbranched alkanes of at least 4 members (excludes halogenated alkanes) is 1. The minimum absolute atomic E-state index is 0.0140. The molecule has 6 N–H and O–H groups in total. The summed E-state index contributed by atoms with van der Waals surface area (Å²) in [6.45, 7) is 10.7. The molecule has 4 fully saturated rings. The van der Waals surface area contributed by atoms with E-state index >= 15 is 8.78 Å². The topological polar surface area (TPSA) is 178 Å². The number of hydrogen-bond acceptors (Lipinski definition) is 13. The second-order valence-corrected chi connectivity index (χ2v) is 25.1. The van der Waals surface area contributed by atoms with Gasteiger partial charge in [0, 0.05) is 101 Å². The van der Waals surface area contributed by atoms with Crippen molar-refractivity contribution in [2.45, 2.75) is 107 Å². The van der Waals surface area contributed by atoms with Gasteiger partial charge in [-0.2, -0.15) is 9.97 Å². The quantitative estimate of drug-likeness (QED) is 0.0398. The smallest absolute Gasteiger partial charge is 0.319 e. The first-order valence-corrected chi connectivity index (χ1v) is 29.7. The highest BCUT2D eigenvalue weighted by atomic mass is 35.5. The van der Waals surface area contributed by atoms with Crippen LogP contribution in [0.1, 0.15) is 98.7 Å². The average Bonchev–Trinajstić information content (AvgIpc) is 1.85. The number of ether oxygens (including phenoxy) is 2. The molecule has 19 heteroatoms. The summed E-state index contributed by atoms with van der Waals surface area (Å²) in [5, 5.41) is 30.0. The summed E-state index contributed by atoms with van der Waals surface area (Å²) < 4.78 is 45.8. The Kier molecular flexibility index (Phi) is 15.8. The number of methoxy groups -OCH3 is 1. The predicted octanol–water partition coefficient (Wildman–Crippen LogP) is 11.0. The number of fused-ring (bicyclic) bond motifs is 6. The molecule has 84 heavy (non-hydrogen) atoms. The molecule has 4 saturated heterocycles. The van der Waals surface area contributed by atoms with E-state index in [1.54, 1.807) is 54.7 Å². The van der Waals surface area contributed by atoms with Crippen LogP contribution in [0.5, 0.6) is 17.5 Å². The van der Waals surface area contributed by atoms with E-state index in [1.165, 1.54) is 19.2 Å². The van der Waals surface area contributed by atoms with Gasteiger partial charge in [-0.3, -0.25) is 19.5 Å². The van der Waals surface area contributed by atoms with Gasteiger partial charge in [-0.1, -0.05) is 80.2 Å². The van der Waals surface area contributed by atoms with Gasteiger partial charge in [-0.15, -0.1) is 6.42 Å². The first-order valence-electron chi connectivity index (χ1n) is 29.0. The molecule has 2 bridgehead atoms. The number of halogens is 4. The van der Waals surface area contributed by atoms with Gasteiger partial charge in [0.15, 0.2) is 5.82 Å². The minimum Gasteiger partial charge on any atom is -0.508 e. The van der Waals surface area contributed by atoms with Gasteiger partial charge >= 0.3 is 6.01 Å². The maximum Gasteiger partial charge on any atom is 0.319 e. The number of hydrogen-bond donors (Lipinski definition) is 6. The molecule has 12 rings (SSSR count). The number of nitrogens with one attached hydrogen (secondary N) is 5. The van der Waals surface area contributed by atoms with Crippen molar-refractivity contribution in [1.29, 1.82) is 0 Å². The zero-order valence-corrected chi connectivity index (χ0v) is 48.9. The van der Waals surface area contributed by atoms with Gasteiger partial charge in [0.1, 0.15) is 41.0 Å². The lowest BCUT2D eigenvalue weighted by Crippen LogP contribution is -2.51. The fourth-order valence-corrected chi connectivity index (χ4v) is 14.3. The van der Waals surface area contributed by atoms with Crippen LogP contribution in [0.4, 0.5) is 26.0 Å². The molecule has 2 amide bonds. The molecule has 5 aromatic carbocycles. The zero-order valence-electron chi connectivity index (χ0n) is 47.4. The number of carbonyl (C=O) groups is 2. The minimum atomic E-state index is -0.906. The van der Waals surface area contributed by atoms with Gasteiger partial charge < -0.3 is 46.1 Å². The zero-order chi connectivity index (χ0) is 58.6. The maximum absolute atomic E-state index is 17.2. The Balaban J connectivity index is 0.700. The van der Waals surface area contributed by atoms with Gasteiger partial charge in [0.05, 0.1) is 29.2 Å². The van der Waals surface area contributed by atoms with E-state index in [9.17, 15) is 14.7 Å². The summed E-state index contributed by atoms with van der Waals surface area (Å²) in [6.07, 6.45) is 13.7. The second kappa shape index (κ2) is 23.3. The normalized spacial score (nSPS) is 22.8. The molecule has 7 heterocycles. The Hall–Kier alpha value is -7.33. The molecule has 5 aliphatic heterocycles. The Morgan fingerprint density at radius 1 is 0.952 bits per heavy atom. The largest absolute Gasteiger partial charge is 0.508 e. The van der Waals surface area contributed by atoms with Crippen molar-refractivity contribution in [3.05, 3.63) is 135 Å². The van der Waals surface area contributed by atoms with Crippen LogP contribution in [0.3, 0.4) is 0 Å². The number of piperazine rings is 1. The third-order valence-corrected chi connectivity index (χ3v) is 18.2. The van der Waals surface area contributed by atoms with Crippen molar-refractivity contribution >= 4 is 73.9 Å². The molecule has 15 nitrogen and oxygen atoms in total. The maximum atomic E-state index is 17.2. The van der Waals surface area contributed by atoms with Crippen LogP contribution in [0.25, 0.3) is 32.9 Å². The average molecular weight is 1180 g/mol. The number of rotatable bonds is 16. The Morgan fingerprint density at radius 3 is 2.55 bits per heavy atom. The molecule has 0 aliphatic carbocycles. The van der Waals surface area contributed by atoms with E-state index in [1.807, 2.05) is 24.3 Å². The summed E-state index contributed by atoms with van der Waals surface area (Å²) in [7, 11) is 1.48. The number of amides is 2. The lowest BCUT2D eigenvalue weighted by molar-refractivity contribution is -0.118. The van der Waals surface area contributed by atoms with Gasteiger partial charge in [0.25, 0.3) is 5.91 Å². The first-order chi connectivity index (χ1) is 40.5. The fourth-order valence-electron chi connectivity index (χ4n) is 13.9. The molecule has 0 radical (unpaired) electrons. The number of benzene rings is 5. The predicted molar refractivity (Wildman–Crippen MR) is 326 cm³/mol. The van der Waals surface area contributed by atoms with Crippen LogP contribution in [-0.2, 0) is 10.2 Å². The highest BCUT2D eigenvalue weighted by Crippen LogP contribution is 2.57. The monoisotopic (exact) mass is 1180 g/mol. The number of aromatic hydroxyl groups is 1. The third-order valence-electron chi connectivity index (χ3n) is 17.7. The summed E-state index contributed by atoms with van der Waals surface area (Å²) in [4.78, 5) is 47.4. The fraction of sp³-hybridized carbons (Fsp3) is 0.400. The van der Waals surface area contributed by atoms with E-state index < -0.39 is 34.9 Å². The van der Waals surface area contributed by atoms with Crippen molar-refractivity contribution in [2.24, 2.45) is 5.41 Å². The van der Waals surface area contributed by atoms with Gasteiger partial charge in [-0.25, -0.2) is 8.78 Å². The number of terminal acetylenes is 1. The Labute approximate surface area is 497 Å². The van der Waals surface area contributed by atoms with Crippen molar-refractivity contribution in [3.63, 3.8) is 0 Å². The molecule has 5 aliphatic rings. The standard InChI is InChI=1S/C65H68Cl2F2N10O5/c1-6-36-12-9-13-37-26-43(80)29-45(53(36)37)57-56(69)58-46(31-71-57)60(79-32-40-19-20-41(33-79)73-40)77-63(76-58)84-34-42-14-11-25-78(42)24-8-7-23-70-61(81)38-17-22-49(51(27-38)83-5)74-62(82)59-54(44-15-10-16-48(67)55(44)68)65(52(75-59)30-64(2,3)4)35-72-50-28-39(66)18-21-47(50)65/h1,9-10,12-13,15-18,21-22,26-29,31,40-42,52,54,59,72-73,75,80H,7-8,11,14,19-20,23-25,30,32-35H2,2-5H3,(H,70,81)(H,74,82)/t40-,41+,42-,52?,54?,59?,65?/m0/s1. The second-order valence-electron chi connectivity index (χ2n) is 24.3. The van der Waals surface area contributed by atoms with Crippen molar-refractivity contribution in [1.82, 2.24) is 35.8 Å². The molecule has 1 spiro atoms. The van der Waals surface area contributed by atoms with E-state index in [2.05, 4.69) is 68.1 Å². The van der Waals surface area contributed by atoms with Crippen LogP contribution in [0, 0.1) is 29.4 Å². The highest BCUT2D eigenvalue weighted by Gasteiger charge is 2.61. The highest BCUT2D eigenvalue weighted by molar-refractivity contribution is 6.31. The molecule has 7 atom stereocenters. The number of anilines is 3. The molecule has 436 valence electrons. The first kappa shape index (κ1) is 57.1. The third kappa shape index (κ3) is 10.9. The number of pyridine rings is 1.